The van der Waals surface area contributed by atoms with Gasteiger partial charge in [-0.05, 0) is 74.4 Å². The monoisotopic (exact) mass is 465 g/mol. The predicted octanol–water partition coefficient (Wildman–Crippen LogP) is 4.27. The third-order valence-electron chi connectivity index (χ3n) is 2.52. The van der Waals surface area contributed by atoms with Gasteiger partial charge in [-0.25, -0.2) is 9.78 Å². The molecule has 2 aromatic heterocycles. The molecule has 1 amide bonds. The number of likely N-dealkylation sites (tertiary alicyclic amines) is 1. The van der Waals surface area contributed by atoms with Crippen molar-refractivity contribution in [3.05, 3.63) is 33.7 Å². The van der Waals surface area contributed by atoms with Crippen molar-refractivity contribution in [1.29, 1.82) is 0 Å². The number of pyridine rings is 1. The fourth-order valence-corrected chi connectivity index (χ4v) is 2.24. The highest BCUT2D eigenvalue weighted by molar-refractivity contribution is 14.1. The quantitative estimate of drug-likeness (QED) is 0.623. The first-order valence-electron chi connectivity index (χ1n) is 18.1. The maximum atomic E-state index is 13.9. The molecule has 3 rings (SSSR count). The summed E-state index contributed by atoms with van der Waals surface area (Å²) in [6, 6.07) is -7.27. The summed E-state index contributed by atoms with van der Waals surface area (Å²) in [5, 5.41) is 0. The first kappa shape index (κ1) is 4.50. The van der Waals surface area contributed by atoms with E-state index in [1.165, 1.54) is 22.6 Å². The van der Waals surface area contributed by atoms with E-state index < -0.39 is 114 Å². The number of fused-ring (bicyclic) bond motifs is 1. The molecule has 6 heteroatoms. The standard InChI is InChI=1S/C18H24IN3O2/c1-18(2,3)24-17(23)21-10-6-4-8-13(21)12-14-16(19)22-11-7-5-9-15(22)20-14/h5,7,9,11,13H,4,6,8,10,12H2,1-3H3/t13-/m0/s1/i1D3,2D3,3D3,4D2,5D,6D2,7D,8D2,9D,10D2,11D,12D2,13D. The lowest BCUT2D eigenvalue weighted by Crippen LogP contribution is -2.47. The van der Waals surface area contributed by atoms with Crippen molar-refractivity contribution in [2.24, 2.45) is 0 Å². The van der Waals surface area contributed by atoms with Crippen molar-refractivity contribution in [3.8, 4) is 0 Å². The molecule has 0 unspecified atom stereocenters. The Balaban J connectivity index is 2.57. The highest BCUT2D eigenvalue weighted by Crippen LogP contribution is 2.25. The molecule has 5 nitrogen and oxygen atoms in total. The van der Waals surface area contributed by atoms with Crippen LogP contribution in [0.5, 0.6) is 0 Å². The fourth-order valence-electron chi connectivity index (χ4n) is 1.64. The molecule has 1 saturated heterocycles. The Morgan fingerprint density at radius 1 is 1.62 bits per heavy atom. The van der Waals surface area contributed by atoms with Crippen LogP contribution in [0, 0.1) is 3.70 Å². The Bertz CT molecular complexity index is 1620. The molecule has 1 fully saturated rings. The molecule has 1 aliphatic rings. The number of piperidine rings is 1. The van der Waals surface area contributed by atoms with Crippen molar-refractivity contribution in [3.63, 3.8) is 0 Å². The minimum absolute atomic E-state index is 0.576. The summed E-state index contributed by atoms with van der Waals surface area (Å²) in [4.78, 5) is 16.6. The lowest BCUT2D eigenvalue weighted by Gasteiger charge is -2.36. The van der Waals surface area contributed by atoms with Crippen LogP contribution in [-0.2, 0) is 11.1 Å². The molecule has 0 spiro atoms. The van der Waals surface area contributed by atoms with Gasteiger partial charge in [0.1, 0.15) is 14.9 Å². The van der Waals surface area contributed by atoms with Gasteiger partial charge in [0.05, 0.1) is 12.5 Å². The number of imidazole rings is 1. The summed E-state index contributed by atoms with van der Waals surface area (Å²) in [6.07, 6.45) is -21.1. The van der Waals surface area contributed by atoms with Crippen molar-refractivity contribution < 1.29 is 42.4 Å². The number of halogens is 1. The zero-order valence-corrected chi connectivity index (χ0v) is 13.7. The van der Waals surface area contributed by atoms with Gasteiger partial charge in [-0.15, -0.1) is 0 Å². The minimum atomic E-state index is -4.60. The highest BCUT2D eigenvalue weighted by atomic mass is 127. The molecule has 0 aromatic carbocycles. The Morgan fingerprint density at radius 3 is 3.25 bits per heavy atom. The van der Waals surface area contributed by atoms with Crippen LogP contribution >= 0.6 is 22.6 Å². The summed E-state index contributed by atoms with van der Waals surface area (Å²) in [5.41, 5.74) is -6.63. The lowest BCUT2D eigenvalue weighted by atomic mass is 9.98. The van der Waals surface area contributed by atoms with Crippen molar-refractivity contribution in [2.75, 3.05) is 6.50 Å². The number of ether oxygens (including phenoxy) is 1. The number of hydrogen-bond donors (Lipinski definition) is 0. The average molecular weight is 465 g/mol. The maximum Gasteiger partial charge on any atom is 0.410 e. The molecule has 1 aliphatic heterocycles. The molecule has 0 bridgehead atoms. The smallest absolute Gasteiger partial charge is 0.410 e. The van der Waals surface area contributed by atoms with E-state index in [9.17, 15) is 4.79 Å². The van der Waals surface area contributed by atoms with Gasteiger partial charge in [-0.1, -0.05) is 6.04 Å². The number of amides is 1. The van der Waals surface area contributed by atoms with Crippen molar-refractivity contribution in [1.82, 2.24) is 14.3 Å². The number of rotatable bonds is 2. The van der Waals surface area contributed by atoms with Gasteiger partial charge in [0.25, 0.3) is 0 Å². The van der Waals surface area contributed by atoms with E-state index in [0.29, 0.717) is 4.40 Å². The Kier molecular flexibility index (Phi) is 1.29. The van der Waals surface area contributed by atoms with E-state index in [4.69, 9.17) is 32.9 Å². The topological polar surface area (TPSA) is 46.8 Å². The molecule has 3 heterocycles. The van der Waals surface area contributed by atoms with E-state index in [0.717, 1.165) is 0 Å². The molecular formula is C18H24IN3O2. The van der Waals surface area contributed by atoms with Crippen molar-refractivity contribution >= 4 is 34.3 Å². The van der Waals surface area contributed by atoms with Gasteiger partial charge in [0, 0.05) is 51.1 Å². The first-order valence-corrected chi connectivity index (χ1v) is 7.17. The fraction of sp³-hybridized carbons (Fsp3) is 0.556. The van der Waals surface area contributed by atoms with Gasteiger partial charge in [-0.3, -0.25) is 4.40 Å². The second-order valence-electron chi connectivity index (χ2n) is 4.24. The van der Waals surface area contributed by atoms with E-state index in [-0.39, 0.29) is 0 Å². The third kappa shape index (κ3) is 3.84. The first-order chi connectivity index (χ1) is 20.9. The second kappa shape index (κ2) is 6.90. The summed E-state index contributed by atoms with van der Waals surface area (Å²) in [5.74, 6) is 0. The minimum Gasteiger partial charge on any atom is -0.444 e. The molecule has 24 heavy (non-hydrogen) atoms. The normalized spacial score (nSPS) is 47.1. The van der Waals surface area contributed by atoms with Gasteiger partial charge in [0.2, 0.25) is 0 Å². The largest absolute Gasteiger partial charge is 0.444 e. The van der Waals surface area contributed by atoms with Crippen LogP contribution < -0.4 is 0 Å². The number of carbonyl (C=O) groups is 1. The Hall–Kier alpha value is -1.31. The molecule has 1 atom stereocenters. The van der Waals surface area contributed by atoms with Crippen molar-refractivity contribution in [2.45, 2.75) is 57.7 Å². The van der Waals surface area contributed by atoms with Crippen LogP contribution in [0.15, 0.2) is 24.3 Å². The third-order valence-corrected chi connectivity index (χ3v) is 3.51. The number of aromatic nitrogens is 2. The molecule has 0 N–H and O–H groups in total. The Morgan fingerprint density at radius 2 is 2.46 bits per heavy atom. The Labute approximate surface area is 190 Å². The summed E-state index contributed by atoms with van der Waals surface area (Å²) in [7, 11) is 0. The van der Waals surface area contributed by atoms with Gasteiger partial charge < -0.3 is 9.64 Å². The van der Waals surface area contributed by atoms with Crippen LogP contribution in [0.25, 0.3) is 5.65 Å². The summed E-state index contributed by atoms with van der Waals surface area (Å²) < 4.78 is 200. The highest BCUT2D eigenvalue weighted by Gasteiger charge is 2.31. The zero-order chi connectivity index (χ0) is 38.2. The second-order valence-corrected chi connectivity index (χ2v) is 5.26. The SMILES string of the molecule is [2H]c1c([2H])c([2H])n2c(I)c(C([2H])([2H])[C@@]3([2H])N(C(=O)OC(C([2H])([2H])[2H])(C([2H])([2H])[2H])C([2H])([2H])[2H])C([2H])([2H])C([2H])([2H])C([2H])([2H])C3([2H])[2H])nc2c1[2H]. The van der Waals surface area contributed by atoms with Gasteiger partial charge in [-0.2, -0.15) is 0 Å². The van der Waals surface area contributed by atoms with Crippen LogP contribution in [0.1, 0.15) is 78.3 Å². The van der Waals surface area contributed by atoms with Crippen LogP contribution in [-0.4, -0.2) is 38.5 Å². The lowest BCUT2D eigenvalue weighted by molar-refractivity contribution is 0.00984. The summed E-state index contributed by atoms with van der Waals surface area (Å²) >= 11 is 1.23. The molecule has 0 radical (unpaired) electrons. The molecular weight excluding hydrogens is 417 g/mol. The van der Waals surface area contributed by atoms with E-state index in [1.807, 2.05) is 0 Å². The van der Waals surface area contributed by atoms with Crippen LogP contribution in [0.4, 0.5) is 4.79 Å². The summed E-state index contributed by atoms with van der Waals surface area (Å²) in [6.45, 7) is -17.5. The molecule has 0 saturated carbocycles. The van der Waals surface area contributed by atoms with Crippen LogP contribution in [0.3, 0.4) is 0 Å². The van der Waals surface area contributed by atoms with Crippen LogP contribution in [0.2, 0.25) is 0 Å². The number of nitrogens with zero attached hydrogens (tertiary/aromatic N) is 3. The molecule has 130 valence electrons. The van der Waals surface area contributed by atoms with E-state index in [2.05, 4.69) is 9.72 Å². The number of hydrogen-bond acceptors (Lipinski definition) is 3. The number of carbonyl (C=O) groups excluding carboxylic acids is 1. The molecule has 2 aromatic rings. The van der Waals surface area contributed by atoms with Gasteiger partial charge >= 0.3 is 6.09 Å². The van der Waals surface area contributed by atoms with E-state index >= 15 is 0 Å². The average Bonchev–Trinajstić information content (AvgIpc) is 3.23. The molecule has 0 aliphatic carbocycles. The predicted molar refractivity (Wildman–Crippen MR) is 102 cm³/mol. The van der Waals surface area contributed by atoms with Gasteiger partial charge in [0.15, 0.2) is 0 Å². The maximum absolute atomic E-state index is 13.9. The van der Waals surface area contributed by atoms with E-state index in [1.54, 1.807) is 0 Å². The zero-order valence-electron chi connectivity index (χ0n) is 35.5.